The SMILES string of the molecule is CC(=O)C(/C(C)=C\c1cc(CN2CCOCC2)c[nH]1)c1cc(CN2C(=O)CSC2=O)ccc1C. The average Bonchev–Trinajstić information content (AvgIpc) is 3.37. The van der Waals surface area contributed by atoms with Crippen molar-refractivity contribution in [2.24, 2.45) is 0 Å². The molecule has 2 amide bonds. The molecule has 1 aromatic carbocycles. The zero-order chi connectivity index (χ0) is 24.2. The number of thioether (sulfide) groups is 1. The molecule has 2 fully saturated rings. The number of morpholine rings is 1. The number of ether oxygens (including phenoxy) is 1. The highest BCUT2D eigenvalue weighted by molar-refractivity contribution is 8.14. The second-order valence-electron chi connectivity index (χ2n) is 9.01. The van der Waals surface area contributed by atoms with E-state index in [-0.39, 0.29) is 29.2 Å². The van der Waals surface area contributed by atoms with Gasteiger partial charge >= 0.3 is 0 Å². The average molecular weight is 482 g/mol. The lowest BCUT2D eigenvalue weighted by Gasteiger charge is -2.25. The summed E-state index contributed by atoms with van der Waals surface area (Å²) in [5, 5.41) is -0.217. The number of ketones is 1. The number of aryl methyl sites for hydroxylation is 1. The van der Waals surface area contributed by atoms with Crippen molar-refractivity contribution in [2.45, 2.75) is 39.8 Å². The number of Topliss-reactive ketones (excluding diaryl/α,β-unsaturated/α-hetero) is 1. The Morgan fingerprint density at radius 3 is 2.59 bits per heavy atom. The summed E-state index contributed by atoms with van der Waals surface area (Å²) < 4.78 is 5.42. The summed E-state index contributed by atoms with van der Waals surface area (Å²) in [6.07, 6.45) is 4.05. The normalized spacial score (nSPS) is 18.6. The van der Waals surface area contributed by atoms with Gasteiger partial charge in [0.1, 0.15) is 5.78 Å². The number of allylic oxidation sites excluding steroid dienone is 1. The Hall–Kier alpha value is -2.68. The first kappa shape index (κ1) is 24.4. The van der Waals surface area contributed by atoms with Crippen LogP contribution < -0.4 is 0 Å². The standard InChI is InChI=1S/C26H31N3O4S/c1-17-4-5-20(15-29-24(31)16-34-26(29)32)12-23(17)25(19(3)30)18(2)10-22-11-21(13-27-22)14-28-6-8-33-9-7-28/h4-5,10-13,25,27H,6-9,14-16H2,1-3H3/b18-10-. The quantitative estimate of drug-likeness (QED) is 0.611. The summed E-state index contributed by atoms with van der Waals surface area (Å²) in [5.41, 5.74) is 5.87. The third-order valence-corrected chi connectivity index (χ3v) is 7.21. The van der Waals surface area contributed by atoms with Crippen molar-refractivity contribution in [1.29, 1.82) is 0 Å². The summed E-state index contributed by atoms with van der Waals surface area (Å²) in [6, 6.07) is 7.96. The fourth-order valence-electron chi connectivity index (χ4n) is 4.58. The Labute approximate surface area is 204 Å². The molecular weight excluding hydrogens is 450 g/mol. The molecule has 34 heavy (non-hydrogen) atoms. The van der Waals surface area contributed by atoms with Gasteiger partial charge in [-0.05, 0) is 55.2 Å². The summed E-state index contributed by atoms with van der Waals surface area (Å²) in [7, 11) is 0. The van der Waals surface area contributed by atoms with Crippen molar-refractivity contribution in [1.82, 2.24) is 14.8 Å². The van der Waals surface area contributed by atoms with E-state index in [2.05, 4.69) is 16.0 Å². The number of amides is 2. The zero-order valence-electron chi connectivity index (χ0n) is 19.9. The highest BCUT2D eigenvalue weighted by Gasteiger charge is 2.30. The van der Waals surface area contributed by atoms with Crippen LogP contribution >= 0.6 is 11.8 Å². The number of rotatable bonds is 8. The van der Waals surface area contributed by atoms with Crippen LogP contribution in [-0.2, 0) is 27.4 Å². The minimum atomic E-state index is -0.398. The van der Waals surface area contributed by atoms with Crippen LogP contribution in [0.4, 0.5) is 4.79 Å². The molecule has 3 heterocycles. The number of aromatic nitrogens is 1. The first-order valence-corrected chi connectivity index (χ1v) is 12.5. The van der Waals surface area contributed by atoms with Crippen LogP contribution in [0.15, 0.2) is 36.0 Å². The largest absolute Gasteiger partial charge is 0.379 e. The molecule has 2 saturated heterocycles. The molecule has 2 aliphatic rings. The predicted molar refractivity (Wildman–Crippen MR) is 134 cm³/mol. The Balaban J connectivity index is 1.54. The molecule has 2 aliphatic heterocycles. The molecule has 0 spiro atoms. The number of nitrogens with zero attached hydrogens (tertiary/aromatic N) is 2. The molecular formula is C26H31N3O4S. The number of carbonyl (C=O) groups excluding carboxylic acids is 3. The Bertz CT molecular complexity index is 1100. The van der Waals surface area contributed by atoms with Crippen molar-refractivity contribution in [2.75, 3.05) is 32.1 Å². The van der Waals surface area contributed by atoms with Gasteiger partial charge in [-0.25, -0.2) is 0 Å². The monoisotopic (exact) mass is 481 g/mol. The molecule has 0 saturated carbocycles. The van der Waals surface area contributed by atoms with Crippen LogP contribution in [0, 0.1) is 6.92 Å². The molecule has 2 aromatic rings. The van der Waals surface area contributed by atoms with Crippen molar-refractivity contribution in [3.05, 3.63) is 64.0 Å². The highest BCUT2D eigenvalue weighted by atomic mass is 32.2. The van der Waals surface area contributed by atoms with Gasteiger partial charge in [-0.2, -0.15) is 0 Å². The second-order valence-corrected chi connectivity index (χ2v) is 9.94. The van der Waals surface area contributed by atoms with E-state index in [9.17, 15) is 14.4 Å². The van der Waals surface area contributed by atoms with Gasteiger partial charge in [0, 0.05) is 31.5 Å². The molecule has 1 N–H and O–H groups in total. The van der Waals surface area contributed by atoms with Gasteiger partial charge < -0.3 is 9.72 Å². The van der Waals surface area contributed by atoms with Crippen molar-refractivity contribution in [3.8, 4) is 0 Å². The minimum absolute atomic E-state index is 0.0537. The maximum Gasteiger partial charge on any atom is 0.289 e. The molecule has 0 radical (unpaired) electrons. The number of carbonyl (C=O) groups is 3. The van der Waals surface area contributed by atoms with E-state index >= 15 is 0 Å². The maximum atomic E-state index is 12.8. The predicted octanol–water partition coefficient (Wildman–Crippen LogP) is 4.13. The number of aromatic amines is 1. The number of nitrogens with one attached hydrogen (secondary N) is 1. The van der Waals surface area contributed by atoms with Crippen LogP contribution in [0.3, 0.4) is 0 Å². The van der Waals surface area contributed by atoms with Gasteiger partial charge in [0.05, 0.1) is 31.4 Å². The van der Waals surface area contributed by atoms with Gasteiger partial charge in [0.25, 0.3) is 5.24 Å². The number of benzene rings is 1. The first-order valence-electron chi connectivity index (χ1n) is 11.5. The fourth-order valence-corrected chi connectivity index (χ4v) is 5.31. The van der Waals surface area contributed by atoms with Gasteiger partial charge in [-0.3, -0.25) is 24.2 Å². The molecule has 180 valence electrons. The molecule has 8 heteroatoms. The van der Waals surface area contributed by atoms with Crippen molar-refractivity contribution in [3.63, 3.8) is 0 Å². The Kier molecular flexibility index (Phi) is 7.70. The summed E-state index contributed by atoms with van der Waals surface area (Å²) in [5.74, 6) is -0.321. The fraction of sp³-hybridized carbons (Fsp3) is 0.423. The minimum Gasteiger partial charge on any atom is -0.379 e. The zero-order valence-corrected chi connectivity index (χ0v) is 20.7. The Morgan fingerprint density at radius 1 is 1.15 bits per heavy atom. The lowest BCUT2D eigenvalue weighted by atomic mass is 9.84. The molecule has 1 aromatic heterocycles. The third-order valence-electron chi connectivity index (χ3n) is 6.36. The van der Waals surface area contributed by atoms with Gasteiger partial charge in [0.2, 0.25) is 5.91 Å². The molecule has 1 unspecified atom stereocenters. The van der Waals surface area contributed by atoms with Crippen LogP contribution in [0.2, 0.25) is 0 Å². The van der Waals surface area contributed by atoms with Gasteiger partial charge in [-0.1, -0.05) is 35.5 Å². The van der Waals surface area contributed by atoms with E-state index < -0.39 is 5.92 Å². The van der Waals surface area contributed by atoms with Crippen molar-refractivity contribution >= 4 is 34.8 Å². The van der Waals surface area contributed by atoms with Crippen LogP contribution in [0.5, 0.6) is 0 Å². The molecule has 1 atom stereocenters. The molecule has 0 bridgehead atoms. The lowest BCUT2D eigenvalue weighted by Crippen LogP contribution is -2.35. The first-order chi connectivity index (χ1) is 16.3. The van der Waals surface area contributed by atoms with Crippen LogP contribution in [-0.4, -0.2) is 63.8 Å². The van der Waals surface area contributed by atoms with E-state index in [0.717, 1.165) is 72.6 Å². The number of hydrogen-bond acceptors (Lipinski definition) is 6. The summed E-state index contributed by atoms with van der Waals surface area (Å²) >= 11 is 1.03. The van der Waals surface area contributed by atoms with Crippen molar-refractivity contribution < 1.29 is 19.1 Å². The molecule has 0 aliphatic carbocycles. The number of imide groups is 1. The summed E-state index contributed by atoms with van der Waals surface area (Å²) in [6.45, 7) is 10.1. The molecule has 4 rings (SSSR count). The number of H-pyrrole nitrogens is 1. The van der Waals surface area contributed by atoms with Gasteiger partial charge in [-0.15, -0.1) is 0 Å². The highest BCUT2D eigenvalue weighted by Crippen LogP contribution is 2.31. The third kappa shape index (κ3) is 5.68. The van der Waals surface area contributed by atoms with Gasteiger partial charge in [0.15, 0.2) is 0 Å². The molecule has 7 nitrogen and oxygen atoms in total. The van der Waals surface area contributed by atoms with E-state index in [0.29, 0.717) is 0 Å². The maximum absolute atomic E-state index is 12.8. The second kappa shape index (κ2) is 10.7. The van der Waals surface area contributed by atoms with Crippen LogP contribution in [0.25, 0.3) is 6.08 Å². The van der Waals surface area contributed by atoms with E-state index in [4.69, 9.17) is 4.74 Å². The topological polar surface area (TPSA) is 82.7 Å². The Morgan fingerprint density at radius 2 is 1.91 bits per heavy atom. The van der Waals surface area contributed by atoms with Crippen LogP contribution in [0.1, 0.15) is 47.7 Å². The smallest absolute Gasteiger partial charge is 0.289 e. The van der Waals surface area contributed by atoms with E-state index in [1.165, 1.54) is 10.5 Å². The van der Waals surface area contributed by atoms with E-state index in [1.54, 1.807) is 6.92 Å². The number of hydrogen-bond donors (Lipinski definition) is 1. The lowest BCUT2D eigenvalue weighted by molar-refractivity contribution is -0.125. The summed E-state index contributed by atoms with van der Waals surface area (Å²) in [4.78, 5) is 43.8. The van der Waals surface area contributed by atoms with E-state index in [1.807, 2.05) is 44.3 Å².